The molecule has 0 aromatic carbocycles. The summed E-state index contributed by atoms with van der Waals surface area (Å²) in [6.07, 6.45) is -13.1. The van der Waals surface area contributed by atoms with Crippen molar-refractivity contribution in [2.45, 2.75) is 68.1 Å². The highest BCUT2D eigenvalue weighted by Crippen LogP contribution is 2.29. The molecule has 2 aliphatic heterocycles. The van der Waals surface area contributed by atoms with Crippen molar-refractivity contribution in [2.24, 2.45) is 0 Å². The lowest BCUT2D eigenvalue weighted by Gasteiger charge is -2.45. The van der Waals surface area contributed by atoms with Gasteiger partial charge in [-0.25, -0.2) is 4.89 Å². The summed E-state index contributed by atoms with van der Waals surface area (Å²) >= 11 is 0. The van der Waals surface area contributed by atoms with Gasteiger partial charge >= 0.3 is 0 Å². The van der Waals surface area contributed by atoms with Crippen LogP contribution < -0.4 is 0 Å². The van der Waals surface area contributed by atoms with E-state index in [0.29, 0.717) is 0 Å². The Morgan fingerprint density at radius 2 is 1.38 bits per heavy atom. The summed E-state index contributed by atoms with van der Waals surface area (Å²) in [7, 11) is 0. The van der Waals surface area contributed by atoms with Crippen LogP contribution in [0.1, 0.15) is 6.92 Å². The van der Waals surface area contributed by atoms with E-state index in [9.17, 15) is 25.5 Å². The first-order valence-electron chi connectivity index (χ1n) is 7.56. The van der Waals surface area contributed by atoms with Gasteiger partial charge in [0.15, 0.2) is 12.4 Å². The predicted molar refractivity (Wildman–Crippen MR) is 73.6 cm³/mol. The molecule has 0 amide bonds. The van der Waals surface area contributed by atoms with Crippen LogP contribution in [0.3, 0.4) is 0 Å². The van der Waals surface area contributed by atoms with Gasteiger partial charge in [0.1, 0.15) is 42.7 Å². The molecule has 11 nitrogen and oxygen atoms in total. The van der Waals surface area contributed by atoms with E-state index in [2.05, 4.69) is 4.89 Å². The maximum Gasteiger partial charge on any atom is 0.187 e. The number of aliphatic hydroxyl groups excluding tert-OH is 6. The molecular weight excluding hydrogens is 332 g/mol. The quantitative estimate of drug-likeness (QED) is 0.189. The highest BCUT2D eigenvalue weighted by Gasteiger charge is 2.50. The summed E-state index contributed by atoms with van der Waals surface area (Å²) in [5, 5.41) is 67.1. The number of ether oxygens (including phenoxy) is 3. The zero-order valence-corrected chi connectivity index (χ0v) is 13.0. The second-order valence-electron chi connectivity index (χ2n) is 5.92. The van der Waals surface area contributed by atoms with Crippen LogP contribution in [0.4, 0.5) is 0 Å². The van der Waals surface area contributed by atoms with E-state index in [1.807, 2.05) is 0 Å². The summed E-state index contributed by atoms with van der Waals surface area (Å²) in [5.74, 6) is 0. The number of aliphatic hydroxyl groups is 6. The van der Waals surface area contributed by atoms with E-state index in [1.54, 1.807) is 0 Å². The smallest absolute Gasteiger partial charge is 0.187 e. The van der Waals surface area contributed by atoms with Gasteiger partial charge in [-0.05, 0) is 6.92 Å². The van der Waals surface area contributed by atoms with Crippen molar-refractivity contribution in [3.8, 4) is 0 Å². The Balaban J connectivity index is 2.10. The summed E-state index contributed by atoms with van der Waals surface area (Å²) < 4.78 is 16.0. The minimum Gasteiger partial charge on any atom is -0.394 e. The Kier molecular flexibility index (Phi) is 6.87. The first-order chi connectivity index (χ1) is 11.3. The molecule has 2 saturated heterocycles. The van der Waals surface area contributed by atoms with Gasteiger partial charge in [0.2, 0.25) is 0 Å². The van der Waals surface area contributed by atoms with E-state index < -0.39 is 74.4 Å². The van der Waals surface area contributed by atoms with Crippen molar-refractivity contribution >= 4 is 0 Å². The minimum absolute atomic E-state index is 0.503. The summed E-state index contributed by atoms with van der Waals surface area (Å²) in [4.78, 5) is 4.03. The lowest BCUT2D eigenvalue weighted by Crippen LogP contribution is -2.64. The van der Waals surface area contributed by atoms with Crippen molar-refractivity contribution in [2.75, 3.05) is 13.2 Å². The monoisotopic (exact) mass is 356 g/mol. The fourth-order valence-corrected chi connectivity index (χ4v) is 2.91. The Bertz CT molecular complexity index is 396. The fourth-order valence-electron chi connectivity index (χ4n) is 2.91. The Morgan fingerprint density at radius 1 is 0.792 bits per heavy atom. The topological polar surface area (TPSA) is 179 Å². The average molecular weight is 356 g/mol. The number of hydrogen-bond acceptors (Lipinski definition) is 11. The minimum atomic E-state index is -1.64. The second-order valence-corrected chi connectivity index (χ2v) is 5.92. The molecule has 10 atom stereocenters. The second kappa shape index (κ2) is 8.29. The standard InChI is InChI=1S/C13H24O11/c1-4-11(9(18)7(16)5(2-14)21-4)23-13-10(19)12(24-20)8(17)6(3-15)22-13/h4-20H,2-3H2,1H3/t4?,5?,6?,7-,8-,9+,10?,11?,12+,13-/m1/s1. The van der Waals surface area contributed by atoms with Crippen LogP contribution in [0.5, 0.6) is 0 Å². The fraction of sp³-hybridized carbons (Fsp3) is 1.00. The van der Waals surface area contributed by atoms with Crippen LogP contribution in [-0.2, 0) is 19.1 Å². The lowest BCUT2D eigenvalue weighted by atomic mass is 9.95. The van der Waals surface area contributed by atoms with Crippen LogP contribution in [-0.4, -0.2) is 110 Å². The van der Waals surface area contributed by atoms with Crippen molar-refractivity contribution in [1.82, 2.24) is 0 Å². The molecule has 142 valence electrons. The summed E-state index contributed by atoms with van der Waals surface area (Å²) in [6, 6.07) is 0. The Hall–Kier alpha value is -0.440. The molecule has 2 fully saturated rings. The van der Waals surface area contributed by atoms with E-state index in [0.717, 1.165) is 0 Å². The Labute approximate surface area is 137 Å². The van der Waals surface area contributed by atoms with Crippen LogP contribution >= 0.6 is 0 Å². The van der Waals surface area contributed by atoms with Gasteiger partial charge in [-0.15, -0.1) is 0 Å². The Morgan fingerprint density at radius 3 is 1.92 bits per heavy atom. The van der Waals surface area contributed by atoms with Gasteiger partial charge in [-0.3, -0.25) is 5.26 Å². The molecule has 0 spiro atoms. The van der Waals surface area contributed by atoms with Gasteiger partial charge in [0.05, 0.1) is 19.3 Å². The molecule has 5 unspecified atom stereocenters. The molecule has 2 heterocycles. The SMILES string of the molecule is CC1OC(CO)[C@@H](O)[C@H](O)C1O[C@H]1OC(CO)[C@@H](O)[C@H](OO)C1O. The average Bonchev–Trinajstić information content (AvgIpc) is 2.57. The molecule has 11 heteroatoms. The predicted octanol–water partition coefficient (Wildman–Crippen LogP) is -3.83. The van der Waals surface area contributed by atoms with Crippen molar-refractivity contribution in [1.29, 1.82) is 0 Å². The summed E-state index contributed by atoms with van der Waals surface area (Å²) in [6.45, 7) is 0.384. The van der Waals surface area contributed by atoms with Gasteiger partial charge in [0, 0.05) is 0 Å². The molecule has 0 aliphatic carbocycles. The molecule has 0 bridgehead atoms. The van der Waals surface area contributed by atoms with Crippen molar-refractivity contribution in [3.05, 3.63) is 0 Å². The first kappa shape index (κ1) is 19.9. The zero-order valence-electron chi connectivity index (χ0n) is 13.0. The zero-order chi connectivity index (χ0) is 18.0. The molecule has 0 radical (unpaired) electrons. The molecular formula is C13H24O11. The third-order valence-corrected chi connectivity index (χ3v) is 4.33. The maximum absolute atomic E-state index is 10.1. The van der Waals surface area contributed by atoms with E-state index >= 15 is 0 Å². The molecule has 0 aromatic rings. The van der Waals surface area contributed by atoms with Gasteiger partial charge in [-0.2, -0.15) is 0 Å². The first-order valence-corrected chi connectivity index (χ1v) is 7.56. The maximum atomic E-state index is 10.1. The van der Waals surface area contributed by atoms with Gasteiger partial charge < -0.3 is 44.8 Å². The number of hydrogen-bond donors (Lipinski definition) is 7. The largest absolute Gasteiger partial charge is 0.394 e. The number of rotatable bonds is 5. The van der Waals surface area contributed by atoms with E-state index in [-0.39, 0.29) is 0 Å². The molecule has 24 heavy (non-hydrogen) atoms. The molecule has 2 aliphatic rings. The third kappa shape index (κ3) is 3.71. The van der Waals surface area contributed by atoms with E-state index in [4.69, 9.17) is 24.6 Å². The normalized spacial score (nSPS) is 50.0. The highest BCUT2D eigenvalue weighted by atomic mass is 17.1. The van der Waals surface area contributed by atoms with Gasteiger partial charge in [-0.1, -0.05) is 0 Å². The van der Waals surface area contributed by atoms with Crippen molar-refractivity contribution in [3.63, 3.8) is 0 Å². The van der Waals surface area contributed by atoms with E-state index in [1.165, 1.54) is 6.92 Å². The molecule has 2 rings (SSSR count). The van der Waals surface area contributed by atoms with Gasteiger partial charge in [0.25, 0.3) is 0 Å². The van der Waals surface area contributed by atoms with Crippen LogP contribution in [0.25, 0.3) is 0 Å². The highest BCUT2D eigenvalue weighted by molar-refractivity contribution is 4.94. The van der Waals surface area contributed by atoms with Crippen LogP contribution in [0, 0.1) is 0 Å². The van der Waals surface area contributed by atoms with Crippen LogP contribution in [0.15, 0.2) is 0 Å². The summed E-state index contributed by atoms with van der Waals surface area (Å²) in [5.41, 5.74) is 0. The molecule has 0 aromatic heterocycles. The third-order valence-electron chi connectivity index (χ3n) is 4.33. The lowest BCUT2D eigenvalue weighted by molar-refractivity contribution is -0.389. The van der Waals surface area contributed by atoms with Crippen molar-refractivity contribution < 1.29 is 55.0 Å². The molecule has 0 saturated carbocycles. The van der Waals surface area contributed by atoms with Crippen LogP contribution in [0.2, 0.25) is 0 Å². The molecule has 7 N–H and O–H groups in total.